The van der Waals surface area contributed by atoms with Gasteiger partial charge in [-0.25, -0.2) is 0 Å². The highest BCUT2D eigenvalue weighted by atomic mass is 16.5. The third kappa shape index (κ3) is 4.61. The summed E-state index contributed by atoms with van der Waals surface area (Å²) >= 11 is 0. The van der Waals surface area contributed by atoms with Gasteiger partial charge in [0.25, 0.3) is 0 Å². The molecule has 0 saturated carbocycles. The minimum Gasteiger partial charge on any atom is -0.497 e. The molecule has 0 aliphatic carbocycles. The van der Waals surface area contributed by atoms with Crippen LogP contribution in [-0.2, 0) is 0 Å². The molecule has 2 saturated heterocycles. The van der Waals surface area contributed by atoms with Crippen LogP contribution >= 0.6 is 0 Å². The average molecular weight is 421 g/mol. The summed E-state index contributed by atoms with van der Waals surface area (Å²) in [5.74, 6) is 3.21. The maximum atomic E-state index is 6.23. The predicted molar refractivity (Wildman–Crippen MR) is 125 cm³/mol. The largest absolute Gasteiger partial charge is 0.497 e. The Kier molecular flexibility index (Phi) is 6.47. The number of rotatable bonds is 7. The van der Waals surface area contributed by atoms with Gasteiger partial charge in [-0.05, 0) is 105 Å². The zero-order valence-electron chi connectivity index (χ0n) is 18.8. The number of ether oxygens (including phenoxy) is 2. The molecule has 3 heterocycles. The first-order chi connectivity index (χ1) is 15.3. The van der Waals surface area contributed by atoms with Crippen molar-refractivity contribution in [3.05, 3.63) is 59.2 Å². The highest BCUT2D eigenvalue weighted by Crippen LogP contribution is 2.45. The van der Waals surface area contributed by atoms with Gasteiger partial charge in [-0.15, -0.1) is 0 Å². The minimum absolute atomic E-state index is 0.396. The van der Waals surface area contributed by atoms with E-state index in [1.165, 1.54) is 68.4 Å². The van der Waals surface area contributed by atoms with Crippen LogP contribution in [0, 0.1) is 5.92 Å². The molecule has 1 N–H and O–H groups in total. The van der Waals surface area contributed by atoms with Crippen molar-refractivity contribution < 1.29 is 9.47 Å². The molecule has 0 bridgehead atoms. The van der Waals surface area contributed by atoms with Gasteiger partial charge < -0.3 is 14.8 Å². The smallest absolute Gasteiger partial charge is 0.119 e. The van der Waals surface area contributed by atoms with Crippen molar-refractivity contribution in [1.29, 1.82) is 0 Å². The average Bonchev–Trinajstić information content (AvgIpc) is 3.31. The SMILES string of the molecule is COc1cccc(C2CN3CCCC3c3cc(OCCCC4CCCNC4)ccc32)c1. The highest BCUT2D eigenvalue weighted by molar-refractivity contribution is 5.47. The number of nitrogens with one attached hydrogen (secondary N) is 1. The molecule has 0 radical (unpaired) electrons. The quantitative estimate of drug-likeness (QED) is 0.629. The second-order valence-electron chi connectivity index (χ2n) is 9.48. The lowest BCUT2D eigenvalue weighted by Gasteiger charge is -2.37. The molecule has 4 heteroatoms. The van der Waals surface area contributed by atoms with Gasteiger partial charge in [-0.3, -0.25) is 4.90 Å². The molecule has 3 unspecified atom stereocenters. The molecular weight excluding hydrogens is 384 g/mol. The summed E-state index contributed by atoms with van der Waals surface area (Å²) in [5, 5.41) is 3.52. The third-order valence-corrected chi connectivity index (χ3v) is 7.49. The van der Waals surface area contributed by atoms with Crippen LogP contribution in [-0.4, -0.2) is 44.8 Å². The third-order valence-electron chi connectivity index (χ3n) is 7.49. The number of fused-ring (bicyclic) bond motifs is 3. The Morgan fingerprint density at radius 1 is 1.03 bits per heavy atom. The molecule has 31 heavy (non-hydrogen) atoms. The van der Waals surface area contributed by atoms with Crippen LogP contribution in [0.15, 0.2) is 42.5 Å². The van der Waals surface area contributed by atoms with Crippen LogP contribution in [0.25, 0.3) is 0 Å². The van der Waals surface area contributed by atoms with E-state index in [1.54, 1.807) is 7.11 Å². The van der Waals surface area contributed by atoms with Gasteiger partial charge in [-0.2, -0.15) is 0 Å². The van der Waals surface area contributed by atoms with E-state index in [9.17, 15) is 0 Å². The number of nitrogens with zero attached hydrogens (tertiary/aromatic N) is 1. The minimum atomic E-state index is 0.396. The van der Waals surface area contributed by atoms with Crippen LogP contribution in [0.3, 0.4) is 0 Å². The fraction of sp³-hybridized carbons (Fsp3) is 0.556. The Balaban J connectivity index is 1.31. The first-order valence-electron chi connectivity index (χ1n) is 12.2. The van der Waals surface area contributed by atoms with Gasteiger partial charge in [0, 0.05) is 18.5 Å². The Bertz CT molecular complexity index is 877. The first kappa shape index (κ1) is 20.8. The number of hydrogen-bond donors (Lipinski definition) is 1. The molecule has 3 aliphatic heterocycles. The van der Waals surface area contributed by atoms with Crippen molar-refractivity contribution in [2.75, 3.05) is 39.9 Å². The van der Waals surface area contributed by atoms with Crippen LogP contribution in [0.1, 0.15) is 67.2 Å². The van der Waals surface area contributed by atoms with Crippen molar-refractivity contribution in [3.63, 3.8) is 0 Å². The van der Waals surface area contributed by atoms with Crippen LogP contribution in [0.4, 0.5) is 0 Å². The molecule has 3 atom stereocenters. The fourth-order valence-corrected chi connectivity index (χ4v) is 5.85. The van der Waals surface area contributed by atoms with Crippen molar-refractivity contribution in [3.8, 4) is 11.5 Å². The van der Waals surface area contributed by atoms with Gasteiger partial charge in [0.1, 0.15) is 11.5 Å². The molecule has 5 rings (SSSR count). The van der Waals surface area contributed by atoms with Crippen LogP contribution in [0.2, 0.25) is 0 Å². The van der Waals surface area contributed by atoms with Crippen molar-refractivity contribution >= 4 is 0 Å². The molecule has 0 amide bonds. The zero-order chi connectivity index (χ0) is 21.0. The summed E-state index contributed by atoms with van der Waals surface area (Å²) < 4.78 is 11.7. The van der Waals surface area contributed by atoms with Crippen molar-refractivity contribution in [2.45, 2.75) is 50.5 Å². The molecule has 3 aliphatic rings. The maximum absolute atomic E-state index is 6.23. The molecule has 0 spiro atoms. The summed E-state index contributed by atoms with van der Waals surface area (Å²) in [5.41, 5.74) is 4.29. The Morgan fingerprint density at radius 2 is 2.00 bits per heavy atom. The lowest BCUT2D eigenvalue weighted by molar-refractivity contribution is 0.228. The Labute approximate surface area is 186 Å². The van der Waals surface area contributed by atoms with E-state index in [0.29, 0.717) is 12.0 Å². The van der Waals surface area contributed by atoms with E-state index in [2.05, 4.69) is 46.6 Å². The number of benzene rings is 2. The Morgan fingerprint density at radius 3 is 2.87 bits per heavy atom. The van der Waals surface area contributed by atoms with E-state index in [0.717, 1.165) is 37.0 Å². The lowest BCUT2D eigenvalue weighted by Crippen LogP contribution is -2.34. The zero-order valence-corrected chi connectivity index (χ0v) is 18.8. The van der Waals surface area contributed by atoms with Crippen LogP contribution in [0.5, 0.6) is 11.5 Å². The van der Waals surface area contributed by atoms with E-state index in [-0.39, 0.29) is 0 Å². The van der Waals surface area contributed by atoms with Gasteiger partial charge in [0.2, 0.25) is 0 Å². The summed E-state index contributed by atoms with van der Waals surface area (Å²) in [6.07, 6.45) is 7.65. The lowest BCUT2D eigenvalue weighted by atomic mass is 9.81. The van der Waals surface area contributed by atoms with Crippen LogP contribution < -0.4 is 14.8 Å². The normalized spacial score (nSPS) is 25.6. The molecule has 2 aromatic carbocycles. The first-order valence-corrected chi connectivity index (χ1v) is 12.2. The number of piperidine rings is 1. The standard InChI is InChI=1S/C27H36N2O2/c1-30-22-9-2-8-21(16-22)26-19-29-14-4-10-27(29)25-17-23(11-12-24(25)26)31-15-5-7-20-6-3-13-28-18-20/h2,8-9,11-12,16-17,20,26-28H,3-7,10,13-15,18-19H2,1H3. The second kappa shape index (κ2) is 9.62. The highest BCUT2D eigenvalue weighted by Gasteiger charge is 2.36. The van der Waals surface area contributed by atoms with E-state index in [4.69, 9.17) is 9.47 Å². The molecule has 0 aromatic heterocycles. The van der Waals surface area contributed by atoms with Crippen molar-refractivity contribution in [1.82, 2.24) is 10.2 Å². The topological polar surface area (TPSA) is 33.7 Å². The summed E-state index contributed by atoms with van der Waals surface area (Å²) in [6, 6.07) is 16.0. The molecule has 166 valence electrons. The number of methoxy groups -OCH3 is 1. The fourth-order valence-electron chi connectivity index (χ4n) is 5.85. The monoisotopic (exact) mass is 420 g/mol. The van der Waals surface area contributed by atoms with Gasteiger partial charge in [-0.1, -0.05) is 18.2 Å². The second-order valence-corrected chi connectivity index (χ2v) is 9.48. The van der Waals surface area contributed by atoms with Gasteiger partial charge in [0.15, 0.2) is 0 Å². The van der Waals surface area contributed by atoms with Crippen molar-refractivity contribution in [2.24, 2.45) is 5.92 Å². The molecule has 2 fully saturated rings. The van der Waals surface area contributed by atoms with Gasteiger partial charge in [0.05, 0.1) is 13.7 Å². The summed E-state index contributed by atoms with van der Waals surface area (Å²) in [4.78, 5) is 2.67. The molecule has 2 aromatic rings. The maximum Gasteiger partial charge on any atom is 0.119 e. The predicted octanol–water partition coefficient (Wildman–Crippen LogP) is 5.14. The van der Waals surface area contributed by atoms with E-state index >= 15 is 0 Å². The summed E-state index contributed by atoms with van der Waals surface area (Å²) in [6.45, 7) is 5.49. The van der Waals surface area contributed by atoms with Gasteiger partial charge >= 0.3 is 0 Å². The molecule has 4 nitrogen and oxygen atoms in total. The summed E-state index contributed by atoms with van der Waals surface area (Å²) in [7, 11) is 1.75. The Hall–Kier alpha value is -2.04. The molecular formula is C27H36N2O2. The number of hydrogen-bond acceptors (Lipinski definition) is 4. The van der Waals surface area contributed by atoms with E-state index < -0.39 is 0 Å². The van der Waals surface area contributed by atoms with E-state index in [1.807, 2.05) is 6.07 Å².